The summed E-state index contributed by atoms with van der Waals surface area (Å²) in [6.07, 6.45) is 3.62. The van der Waals surface area contributed by atoms with Gasteiger partial charge in [-0.1, -0.05) is 18.2 Å². The minimum absolute atomic E-state index is 0.0216. The molecule has 1 fully saturated rings. The second-order valence-electron chi connectivity index (χ2n) is 5.81. The van der Waals surface area contributed by atoms with E-state index in [1.54, 1.807) is 17.0 Å². The third kappa shape index (κ3) is 3.30. The summed E-state index contributed by atoms with van der Waals surface area (Å²) in [4.78, 5) is 33.0. The zero-order valence-electron chi connectivity index (χ0n) is 13.8. The number of aromatic nitrogens is 1. The van der Waals surface area contributed by atoms with Gasteiger partial charge < -0.3 is 9.80 Å². The van der Waals surface area contributed by atoms with Crippen LogP contribution >= 0.6 is 0 Å². The molecule has 0 N–H and O–H groups in total. The van der Waals surface area contributed by atoms with Crippen LogP contribution in [0.5, 0.6) is 0 Å². The number of benzene rings is 1. The lowest BCUT2D eigenvalue weighted by molar-refractivity contribution is 0.0792. The van der Waals surface area contributed by atoms with Crippen LogP contribution in [0.15, 0.2) is 48.7 Å². The van der Waals surface area contributed by atoms with Crippen LogP contribution in [0.25, 0.3) is 0 Å². The Balaban J connectivity index is 1.84. The average molecular weight is 323 g/mol. The molecule has 1 saturated heterocycles. The molecule has 0 saturated carbocycles. The molecule has 5 heteroatoms. The van der Waals surface area contributed by atoms with Gasteiger partial charge in [0.25, 0.3) is 11.8 Å². The highest BCUT2D eigenvalue weighted by atomic mass is 16.2. The maximum Gasteiger partial charge on any atom is 0.276 e. The lowest BCUT2D eigenvalue weighted by Crippen LogP contribution is -2.32. The molecule has 0 unspecified atom stereocenters. The highest BCUT2D eigenvalue weighted by Gasteiger charge is 2.22. The van der Waals surface area contributed by atoms with Crippen molar-refractivity contribution < 1.29 is 9.59 Å². The van der Waals surface area contributed by atoms with Crippen LogP contribution in [0.3, 0.4) is 0 Å². The second kappa shape index (κ2) is 7.25. The molecule has 2 aromatic rings. The molecule has 0 atom stereocenters. The fraction of sp³-hybridized carbons (Fsp3) is 0.316. The molecule has 1 aliphatic heterocycles. The van der Waals surface area contributed by atoms with E-state index in [2.05, 4.69) is 4.98 Å². The number of amides is 2. The first-order chi connectivity index (χ1) is 11.7. The van der Waals surface area contributed by atoms with E-state index in [4.69, 9.17) is 0 Å². The molecule has 0 aliphatic carbocycles. The van der Waals surface area contributed by atoms with Crippen LogP contribution < -0.4 is 4.90 Å². The Morgan fingerprint density at radius 1 is 1.12 bits per heavy atom. The van der Waals surface area contributed by atoms with Crippen molar-refractivity contribution in [2.45, 2.75) is 19.8 Å². The molecule has 1 aromatic carbocycles. The standard InChI is InChI=1S/C19H21N3O2/c1-2-22(16-8-4-3-5-9-16)19(24)17-14-15(10-11-20-17)18(23)21-12-6-7-13-21/h3-5,8-11,14H,2,6-7,12-13H2,1H3. The van der Waals surface area contributed by atoms with Crippen molar-refractivity contribution in [3.05, 3.63) is 59.9 Å². The fourth-order valence-corrected chi connectivity index (χ4v) is 2.97. The number of anilines is 1. The van der Waals surface area contributed by atoms with Crippen LogP contribution in [0.1, 0.15) is 40.6 Å². The zero-order chi connectivity index (χ0) is 16.9. The third-order valence-corrected chi connectivity index (χ3v) is 4.25. The maximum absolute atomic E-state index is 12.8. The number of hydrogen-bond acceptors (Lipinski definition) is 3. The normalized spacial score (nSPS) is 13.8. The Bertz CT molecular complexity index is 724. The van der Waals surface area contributed by atoms with E-state index >= 15 is 0 Å². The summed E-state index contributed by atoms with van der Waals surface area (Å²) in [5.74, 6) is -0.216. The number of rotatable bonds is 4. The Hall–Kier alpha value is -2.69. The van der Waals surface area contributed by atoms with E-state index in [1.165, 1.54) is 6.20 Å². The molecule has 0 radical (unpaired) electrons. The van der Waals surface area contributed by atoms with Gasteiger partial charge in [-0.25, -0.2) is 0 Å². The Kier molecular flexibility index (Phi) is 4.89. The molecule has 24 heavy (non-hydrogen) atoms. The molecule has 2 amide bonds. The molecule has 1 aliphatic rings. The van der Waals surface area contributed by atoms with Crippen molar-refractivity contribution >= 4 is 17.5 Å². The number of para-hydroxylation sites is 1. The molecule has 124 valence electrons. The lowest BCUT2D eigenvalue weighted by Gasteiger charge is -2.21. The average Bonchev–Trinajstić information content (AvgIpc) is 3.17. The monoisotopic (exact) mass is 323 g/mol. The topological polar surface area (TPSA) is 53.5 Å². The van der Waals surface area contributed by atoms with E-state index in [9.17, 15) is 9.59 Å². The number of carbonyl (C=O) groups excluding carboxylic acids is 2. The summed E-state index contributed by atoms with van der Waals surface area (Å²) < 4.78 is 0. The van der Waals surface area contributed by atoms with Crippen LogP contribution in [0.2, 0.25) is 0 Å². The molecule has 2 heterocycles. The number of likely N-dealkylation sites (tertiary alicyclic amines) is 1. The maximum atomic E-state index is 12.8. The van der Waals surface area contributed by atoms with Gasteiger partial charge in [0, 0.05) is 37.1 Å². The summed E-state index contributed by atoms with van der Waals surface area (Å²) >= 11 is 0. The van der Waals surface area contributed by atoms with Gasteiger partial charge in [0.05, 0.1) is 0 Å². The smallest absolute Gasteiger partial charge is 0.276 e. The third-order valence-electron chi connectivity index (χ3n) is 4.25. The quantitative estimate of drug-likeness (QED) is 0.869. The first-order valence-corrected chi connectivity index (χ1v) is 8.33. The number of nitrogens with zero attached hydrogens (tertiary/aromatic N) is 3. The van der Waals surface area contributed by atoms with Crippen molar-refractivity contribution in [2.75, 3.05) is 24.5 Å². The van der Waals surface area contributed by atoms with E-state index in [1.807, 2.05) is 42.2 Å². The first-order valence-electron chi connectivity index (χ1n) is 8.33. The van der Waals surface area contributed by atoms with Crippen molar-refractivity contribution in [3.8, 4) is 0 Å². The second-order valence-corrected chi connectivity index (χ2v) is 5.81. The largest absolute Gasteiger partial charge is 0.339 e. The number of hydrogen-bond donors (Lipinski definition) is 0. The molecular formula is C19H21N3O2. The molecule has 0 spiro atoms. The summed E-state index contributed by atoms with van der Waals surface area (Å²) in [6.45, 7) is 4.03. The number of carbonyl (C=O) groups is 2. The molecule has 0 bridgehead atoms. The SMILES string of the molecule is CCN(C(=O)c1cc(C(=O)N2CCCC2)ccn1)c1ccccc1. The Labute approximate surface area is 141 Å². The van der Waals surface area contributed by atoms with Gasteiger partial charge in [-0.15, -0.1) is 0 Å². The van der Waals surface area contributed by atoms with Gasteiger partial charge in [0.2, 0.25) is 0 Å². The molecule has 3 rings (SSSR count). The summed E-state index contributed by atoms with van der Waals surface area (Å²) in [6, 6.07) is 12.8. The van der Waals surface area contributed by atoms with Gasteiger partial charge in [0.1, 0.15) is 5.69 Å². The first kappa shape index (κ1) is 16.2. The van der Waals surface area contributed by atoms with Crippen LogP contribution in [0.4, 0.5) is 5.69 Å². The van der Waals surface area contributed by atoms with E-state index in [0.29, 0.717) is 17.8 Å². The van der Waals surface area contributed by atoms with Gasteiger partial charge in [-0.3, -0.25) is 14.6 Å². The predicted octanol–water partition coefficient (Wildman–Crippen LogP) is 2.98. The highest BCUT2D eigenvalue weighted by molar-refractivity contribution is 6.06. The molecule has 1 aromatic heterocycles. The molecular weight excluding hydrogens is 302 g/mol. The van der Waals surface area contributed by atoms with Crippen molar-refractivity contribution in [1.29, 1.82) is 0 Å². The van der Waals surface area contributed by atoms with Gasteiger partial charge in [0.15, 0.2) is 0 Å². The van der Waals surface area contributed by atoms with E-state index < -0.39 is 0 Å². The zero-order valence-corrected chi connectivity index (χ0v) is 13.8. The number of pyridine rings is 1. The highest BCUT2D eigenvalue weighted by Crippen LogP contribution is 2.17. The lowest BCUT2D eigenvalue weighted by atomic mass is 10.2. The van der Waals surface area contributed by atoms with Crippen LogP contribution in [-0.2, 0) is 0 Å². The predicted molar refractivity (Wildman–Crippen MR) is 93.2 cm³/mol. The molecule has 5 nitrogen and oxygen atoms in total. The summed E-state index contributed by atoms with van der Waals surface area (Å²) in [5.41, 5.74) is 1.65. The Morgan fingerprint density at radius 3 is 2.50 bits per heavy atom. The van der Waals surface area contributed by atoms with Crippen LogP contribution in [-0.4, -0.2) is 41.3 Å². The minimum Gasteiger partial charge on any atom is -0.339 e. The Morgan fingerprint density at radius 2 is 1.83 bits per heavy atom. The van der Waals surface area contributed by atoms with Gasteiger partial charge in [-0.05, 0) is 44.0 Å². The van der Waals surface area contributed by atoms with E-state index in [0.717, 1.165) is 31.6 Å². The van der Waals surface area contributed by atoms with Crippen molar-refractivity contribution in [3.63, 3.8) is 0 Å². The fourth-order valence-electron chi connectivity index (χ4n) is 2.97. The van der Waals surface area contributed by atoms with E-state index in [-0.39, 0.29) is 11.8 Å². The van der Waals surface area contributed by atoms with Gasteiger partial charge >= 0.3 is 0 Å². The summed E-state index contributed by atoms with van der Waals surface area (Å²) in [7, 11) is 0. The van der Waals surface area contributed by atoms with Crippen LogP contribution in [0, 0.1) is 0 Å². The minimum atomic E-state index is -0.195. The van der Waals surface area contributed by atoms with Gasteiger partial charge in [-0.2, -0.15) is 0 Å². The summed E-state index contributed by atoms with van der Waals surface area (Å²) in [5, 5.41) is 0. The van der Waals surface area contributed by atoms with Crippen molar-refractivity contribution in [1.82, 2.24) is 9.88 Å². The van der Waals surface area contributed by atoms with Crippen molar-refractivity contribution in [2.24, 2.45) is 0 Å².